The van der Waals surface area contributed by atoms with Crippen LogP contribution in [-0.4, -0.2) is 22.4 Å². The summed E-state index contributed by atoms with van der Waals surface area (Å²) in [5.74, 6) is 0.0209. The van der Waals surface area contributed by atoms with E-state index in [2.05, 4.69) is 31.6 Å². The molecule has 6 nitrogen and oxygen atoms in total. The minimum Gasteiger partial charge on any atom is -0.507 e. The van der Waals surface area contributed by atoms with Crippen molar-refractivity contribution in [1.29, 1.82) is 0 Å². The summed E-state index contributed by atoms with van der Waals surface area (Å²) in [6.07, 6.45) is 1.36. The number of hydrazone groups is 1. The first kappa shape index (κ1) is 16.9. The zero-order chi connectivity index (χ0) is 17.8. The topological polar surface area (TPSA) is 87.7 Å². The molecular formula is C18H14BrN3O3. The Bertz CT molecular complexity index is 936. The molecule has 25 heavy (non-hydrogen) atoms. The lowest BCUT2D eigenvalue weighted by molar-refractivity contribution is 0.0954. The summed E-state index contributed by atoms with van der Waals surface area (Å²) in [5.41, 5.74) is 4.46. The highest BCUT2D eigenvalue weighted by molar-refractivity contribution is 9.10. The van der Waals surface area contributed by atoms with Crippen LogP contribution in [0.2, 0.25) is 0 Å². The fourth-order valence-electron chi connectivity index (χ4n) is 2.28. The van der Waals surface area contributed by atoms with Crippen LogP contribution in [0.5, 0.6) is 5.75 Å². The van der Waals surface area contributed by atoms with Gasteiger partial charge in [-0.05, 0) is 25.1 Å². The standard InChI is InChI=1S/C18H14BrN3O3/c1-11-16(17(22-25-11)12-5-3-2-4-6-12)18(24)21-20-10-13-9-14(19)7-8-15(13)23/h2-10,23H,1H3,(H,21,24). The quantitative estimate of drug-likeness (QED) is 0.514. The summed E-state index contributed by atoms with van der Waals surface area (Å²) in [6.45, 7) is 1.66. The van der Waals surface area contributed by atoms with Crippen molar-refractivity contribution in [3.63, 3.8) is 0 Å². The van der Waals surface area contributed by atoms with Crippen LogP contribution in [-0.2, 0) is 0 Å². The molecule has 3 rings (SSSR count). The molecule has 0 aliphatic carbocycles. The molecule has 1 heterocycles. The van der Waals surface area contributed by atoms with Gasteiger partial charge in [-0.2, -0.15) is 5.10 Å². The van der Waals surface area contributed by atoms with Crippen LogP contribution in [0.1, 0.15) is 21.7 Å². The van der Waals surface area contributed by atoms with Crippen molar-refractivity contribution in [3.8, 4) is 17.0 Å². The average molecular weight is 400 g/mol. The highest BCUT2D eigenvalue weighted by atomic mass is 79.9. The first-order chi connectivity index (χ1) is 12.1. The van der Waals surface area contributed by atoms with Gasteiger partial charge in [0, 0.05) is 15.6 Å². The molecule has 0 spiro atoms. The Morgan fingerprint density at radius 2 is 2.04 bits per heavy atom. The van der Waals surface area contributed by atoms with Crippen molar-refractivity contribution in [2.75, 3.05) is 0 Å². The number of hydrogen-bond acceptors (Lipinski definition) is 5. The number of hydrogen-bond donors (Lipinski definition) is 2. The monoisotopic (exact) mass is 399 g/mol. The number of phenols is 1. The van der Waals surface area contributed by atoms with Gasteiger partial charge < -0.3 is 9.63 Å². The van der Waals surface area contributed by atoms with Crippen LogP contribution in [0.4, 0.5) is 0 Å². The highest BCUT2D eigenvalue weighted by Crippen LogP contribution is 2.25. The lowest BCUT2D eigenvalue weighted by Crippen LogP contribution is -2.18. The van der Waals surface area contributed by atoms with Gasteiger partial charge in [-0.15, -0.1) is 0 Å². The second-order valence-corrected chi connectivity index (χ2v) is 6.15. The van der Waals surface area contributed by atoms with E-state index in [1.54, 1.807) is 19.1 Å². The molecule has 1 amide bonds. The summed E-state index contributed by atoms with van der Waals surface area (Å²) >= 11 is 3.31. The first-order valence-corrected chi connectivity index (χ1v) is 8.19. The molecule has 7 heteroatoms. The van der Waals surface area contributed by atoms with E-state index < -0.39 is 5.91 Å². The first-order valence-electron chi connectivity index (χ1n) is 7.40. The maximum Gasteiger partial charge on any atom is 0.277 e. The molecule has 0 atom stereocenters. The Morgan fingerprint density at radius 1 is 1.28 bits per heavy atom. The molecule has 3 aromatic rings. The van der Waals surface area contributed by atoms with Crippen LogP contribution >= 0.6 is 15.9 Å². The molecule has 0 fully saturated rings. The van der Waals surface area contributed by atoms with Crippen LogP contribution in [0, 0.1) is 6.92 Å². The summed E-state index contributed by atoms with van der Waals surface area (Å²) in [6, 6.07) is 14.2. The SMILES string of the molecule is Cc1onc(-c2ccccc2)c1C(=O)NN=Cc1cc(Br)ccc1O. The number of rotatable bonds is 4. The van der Waals surface area contributed by atoms with Gasteiger partial charge >= 0.3 is 0 Å². The molecule has 0 bridgehead atoms. The number of aryl methyl sites for hydroxylation is 1. The number of carbonyl (C=O) groups excluding carboxylic acids is 1. The number of halogens is 1. The second-order valence-electron chi connectivity index (χ2n) is 5.23. The number of aromatic nitrogens is 1. The summed E-state index contributed by atoms with van der Waals surface area (Å²) in [4.78, 5) is 12.5. The molecular weight excluding hydrogens is 386 g/mol. The van der Waals surface area contributed by atoms with Crippen LogP contribution < -0.4 is 5.43 Å². The maximum atomic E-state index is 12.5. The predicted molar refractivity (Wildman–Crippen MR) is 97.5 cm³/mol. The average Bonchev–Trinajstić information content (AvgIpc) is 3.00. The van der Waals surface area contributed by atoms with E-state index in [4.69, 9.17) is 4.52 Å². The summed E-state index contributed by atoms with van der Waals surface area (Å²) in [7, 11) is 0. The number of benzene rings is 2. The van der Waals surface area contributed by atoms with Crippen molar-refractivity contribution in [2.45, 2.75) is 6.92 Å². The van der Waals surface area contributed by atoms with Crippen molar-refractivity contribution in [1.82, 2.24) is 10.6 Å². The normalized spacial score (nSPS) is 11.0. The van der Waals surface area contributed by atoms with Gasteiger partial charge in [0.05, 0.1) is 6.21 Å². The second kappa shape index (κ2) is 7.31. The molecule has 0 aliphatic rings. The third-order valence-electron chi connectivity index (χ3n) is 3.50. The van der Waals surface area contributed by atoms with E-state index in [0.29, 0.717) is 22.6 Å². The van der Waals surface area contributed by atoms with Gasteiger partial charge in [0.15, 0.2) is 0 Å². The van der Waals surface area contributed by atoms with E-state index in [0.717, 1.165) is 10.0 Å². The Morgan fingerprint density at radius 3 is 2.80 bits per heavy atom. The van der Waals surface area contributed by atoms with E-state index >= 15 is 0 Å². The smallest absolute Gasteiger partial charge is 0.277 e. The van der Waals surface area contributed by atoms with Crippen LogP contribution in [0.15, 0.2) is 62.6 Å². The van der Waals surface area contributed by atoms with Gasteiger partial charge in [0.2, 0.25) is 0 Å². The zero-order valence-electron chi connectivity index (χ0n) is 13.2. The molecule has 1 aromatic heterocycles. The van der Waals surface area contributed by atoms with Gasteiger partial charge in [-0.25, -0.2) is 5.43 Å². The van der Waals surface area contributed by atoms with E-state index in [1.807, 2.05) is 30.3 Å². The zero-order valence-corrected chi connectivity index (χ0v) is 14.8. The minimum atomic E-state index is -0.441. The molecule has 126 valence electrons. The Balaban J connectivity index is 1.82. The largest absolute Gasteiger partial charge is 0.507 e. The Kier molecular flexibility index (Phi) is 4.95. The minimum absolute atomic E-state index is 0.0623. The van der Waals surface area contributed by atoms with Crippen molar-refractivity contribution in [3.05, 3.63) is 69.9 Å². The summed E-state index contributed by atoms with van der Waals surface area (Å²) < 4.78 is 5.95. The third-order valence-corrected chi connectivity index (χ3v) is 3.99. The van der Waals surface area contributed by atoms with Gasteiger partial charge in [-0.3, -0.25) is 4.79 Å². The van der Waals surface area contributed by atoms with E-state index in [-0.39, 0.29) is 5.75 Å². The van der Waals surface area contributed by atoms with Gasteiger partial charge in [0.1, 0.15) is 22.8 Å². The number of aromatic hydroxyl groups is 1. The van der Waals surface area contributed by atoms with Gasteiger partial charge in [-0.1, -0.05) is 51.4 Å². The Labute approximate surface area is 152 Å². The van der Waals surface area contributed by atoms with E-state index in [1.165, 1.54) is 12.3 Å². The molecule has 0 radical (unpaired) electrons. The molecule has 2 N–H and O–H groups in total. The fraction of sp³-hybridized carbons (Fsp3) is 0.0556. The lowest BCUT2D eigenvalue weighted by Gasteiger charge is -2.02. The third kappa shape index (κ3) is 3.77. The number of amides is 1. The fourth-order valence-corrected chi connectivity index (χ4v) is 2.66. The highest BCUT2D eigenvalue weighted by Gasteiger charge is 2.21. The number of carbonyl (C=O) groups is 1. The summed E-state index contributed by atoms with van der Waals surface area (Å²) in [5, 5.41) is 17.6. The van der Waals surface area contributed by atoms with Crippen LogP contribution in [0.3, 0.4) is 0 Å². The number of nitrogens with one attached hydrogen (secondary N) is 1. The maximum absolute atomic E-state index is 12.5. The Hall–Kier alpha value is -2.93. The van der Waals surface area contributed by atoms with Crippen molar-refractivity contribution in [2.24, 2.45) is 5.10 Å². The molecule has 0 unspecified atom stereocenters. The lowest BCUT2D eigenvalue weighted by atomic mass is 10.1. The van der Waals surface area contributed by atoms with Crippen LogP contribution in [0.25, 0.3) is 11.3 Å². The number of phenolic OH excluding ortho intramolecular Hbond substituents is 1. The van der Waals surface area contributed by atoms with Crippen molar-refractivity contribution < 1.29 is 14.4 Å². The predicted octanol–water partition coefficient (Wildman–Crippen LogP) is 3.88. The van der Waals surface area contributed by atoms with E-state index in [9.17, 15) is 9.90 Å². The molecule has 2 aromatic carbocycles. The van der Waals surface area contributed by atoms with Gasteiger partial charge in [0.25, 0.3) is 5.91 Å². The molecule has 0 saturated heterocycles. The number of nitrogens with zero attached hydrogens (tertiary/aromatic N) is 2. The molecule has 0 aliphatic heterocycles. The molecule has 0 saturated carbocycles. The van der Waals surface area contributed by atoms with Crippen molar-refractivity contribution >= 4 is 28.1 Å².